The number of methoxy groups -OCH3 is 1. The van der Waals surface area contributed by atoms with Gasteiger partial charge in [0.05, 0.1) is 7.11 Å². The molecule has 0 aliphatic carbocycles. The first-order chi connectivity index (χ1) is 6.74. The van der Waals surface area contributed by atoms with Crippen LogP contribution in [-0.4, -0.2) is 24.3 Å². The average Bonchev–Trinajstić information content (AvgIpc) is 2.26. The highest BCUT2D eigenvalue weighted by atomic mass is 16.5. The molecule has 0 spiro atoms. The molecule has 0 aliphatic heterocycles. The summed E-state index contributed by atoms with van der Waals surface area (Å²) in [7, 11) is 1.27. The zero-order chi connectivity index (χ0) is 10.4. The molecule has 0 saturated heterocycles. The lowest BCUT2D eigenvalue weighted by Crippen LogP contribution is -2.22. The lowest BCUT2D eigenvalue weighted by Gasteiger charge is -2.07. The summed E-state index contributed by atoms with van der Waals surface area (Å²) in [6, 6.07) is 9.72. The molecule has 14 heavy (non-hydrogen) atoms. The van der Waals surface area contributed by atoms with E-state index < -0.39 is 12.1 Å². The van der Waals surface area contributed by atoms with Crippen molar-refractivity contribution in [3.8, 4) is 0 Å². The van der Waals surface area contributed by atoms with E-state index >= 15 is 0 Å². The highest BCUT2D eigenvalue weighted by molar-refractivity contribution is 5.74. The second kappa shape index (κ2) is 5.40. The summed E-state index contributed by atoms with van der Waals surface area (Å²) in [5.41, 5.74) is 1.11. The Hall–Kier alpha value is -1.35. The molecule has 1 rings (SSSR count). The summed E-state index contributed by atoms with van der Waals surface area (Å²) in [5.74, 6) is -0.569. The topological polar surface area (TPSA) is 46.5 Å². The predicted molar refractivity (Wildman–Crippen MR) is 52.8 cm³/mol. The monoisotopic (exact) mass is 194 g/mol. The second-order valence-corrected chi connectivity index (χ2v) is 3.06. The van der Waals surface area contributed by atoms with Crippen LogP contribution in [0.5, 0.6) is 0 Å². The molecular formula is C11H14O3. The SMILES string of the molecule is COC(=O)[C@@H](O)CCc1ccccc1. The maximum Gasteiger partial charge on any atom is 0.334 e. The molecule has 0 amide bonds. The normalized spacial score (nSPS) is 12.1. The minimum absolute atomic E-state index is 0.399. The van der Waals surface area contributed by atoms with Crippen molar-refractivity contribution in [3.63, 3.8) is 0 Å². The van der Waals surface area contributed by atoms with Gasteiger partial charge in [-0.15, -0.1) is 0 Å². The Morgan fingerprint density at radius 1 is 1.43 bits per heavy atom. The molecule has 0 radical (unpaired) electrons. The Balaban J connectivity index is 2.38. The second-order valence-electron chi connectivity index (χ2n) is 3.06. The van der Waals surface area contributed by atoms with Gasteiger partial charge in [0, 0.05) is 0 Å². The van der Waals surface area contributed by atoms with Crippen LogP contribution in [0.2, 0.25) is 0 Å². The molecule has 76 valence electrons. The largest absolute Gasteiger partial charge is 0.467 e. The predicted octanol–water partition coefficient (Wildman–Crippen LogP) is 1.15. The van der Waals surface area contributed by atoms with Crippen LogP contribution in [-0.2, 0) is 16.0 Å². The maximum atomic E-state index is 10.9. The van der Waals surface area contributed by atoms with Gasteiger partial charge in [-0.05, 0) is 18.4 Å². The van der Waals surface area contributed by atoms with Crippen LogP contribution in [0.25, 0.3) is 0 Å². The van der Waals surface area contributed by atoms with Gasteiger partial charge >= 0.3 is 5.97 Å². The summed E-state index contributed by atoms with van der Waals surface area (Å²) < 4.78 is 4.41. The molecule has 0 aliphatic rings. The Labute approximate surface area is 83.3 Å². The van der Waals surface area contributed by atoms with Crippen LogP contribution in [0.1, 0.15) is 12.0 Å². The lowest BCUT2D eigenvalue weighted by atomic mass is 10.1. The molecule has 1 N–H and O–H groups in total. The molecule has 0 aromatic heterocycles. The molecule has 0 heterocycles. The molecule has 0 saturated carbocycles. The minimum Gasteiger partial charge on any atom is -0.467 e. The van der Waals surface area contributed by atoms with Crippen molar-refractivity contribution in [3.05, 3.63) is 35.9 Å². The molecule has 3 heteroatoms. The van der Waals surface area contributed by atoms with E-state index in [1.54, 1.807) is 0 Å². The molecular weight excluding hydrogens is 180 g/mol. The number of carbonyl (C=O) groups is 1. The number of rotatable bonds is 4. The molecule has 0 fully saturated rings. The Morgan fingerprint density at radius 2 is 2.07 bits per heavy atom. The van der Waals surface area contributed by atoms with Crippen LogP contribution in [0.3, 0.4) is 0 Å². The highest BCUT2D eigenvalue weighted by Crippen LogP contribution is 2.05. The minimum atomic E-state index is -1.01. The smallest absolute Gasteiger partial charge is 0.334 e. The summed E-state index contributed by atoms with van der Waals surface area (Å²) in [6.07, 6.45) is 0.0635. The summed E-state index contributed by atoms with van der Waals surface area (Å²) >= 11 is 0. The summed E-state index contributed by atoms with van der Waals surface area (Å²) in [4.78, 5) is 10.9. The third kappa shape index (κ3) is 3.18. The highest BCUT2D eigenvalue weighted by Gasteiger charge is 2.14. The van der Waals surface area contributed by atoms with Gasteiger partial charge < -0.3 is 9.84 Å². The number of carbonyl (C=O) groups excluding carboxylic acids is 1. The Bertz CT molecular complexity index is 282. The van der Waals surface area contributed by atoms with Crippen LogP contribution in [0, 0.1) is 0 Å². The quantitative estimate of drug-likeness (QED) is 0.731. The van der Waals surface area contributed by atoms with Crippen molar-refractivity contribution in [1.82, 2.24) is 0 Å². The van der Waals surface area contributed by atoms with Crippen molar-refractivity contribution < 1.29 is 14.6 Å². The number of hydrogen-bond acceptors (Lipinski definition) is 3. The first-order valence-corrected chi connectivity index (χ1v) is 4.54. The van der Waals surface area contributed by atoms with Gasteiger partial charge in [0.15, 0.2) is 6.10 Å². The number of hydrogen-bond donors (Lipinski definition) is 1. The molecule has 1 aromatic carbocycles. The number of aliphatic hydroxyl groups is 1. The van der Waals surface area contributed by atoms with E-state index in [-0.39, 0.29) is 0 Å². The fourth-order valence-corrected chi connectivity index (χ4v) is 1.20. The van der Waals surface area contributed by atoms with Crippen molar-refractivity contribution in [2.75, 3.05) is 7.11 Å². The number of benzene rings is 1. The summed E-state index contributed by atoms with van der Waals surface area (Å²) in [5, 5.41) is 9.30. The van der Waals surface area contributed by atoms with Gasteiger partial charge in [0.2, 0.25) is 0 Å². The average molecular weight is 194 g/mol. The first kappa shape index (κ1) is 10.7. The number of aryl methyl sites for hydroxylation is 1. The third-order valence-electron chi connectivity index (χ3n) is 2.02. The van der Waals surface area contributed by atoms with Gasteiger partial charge in [-0.1, -0.05) is 30.3 Å². The standard InChI is InChI=1S/C11H14O3/c1-14-11(13)10(12)8-7-9-5-3-2-4-6-9/h2-6,10,12H,7-8H2,1H3/t10-/m0/s1. The zero-order valence-corrected chi connectivity index (χ0v) is 8.14. The van der Waals surface area contributed by atoms with Gasteiger partial charge in [-0.3, -0.25) is 0 Å². The van der Waals surface area contributed by atoms with E-state index in [0.717, 1.165) is 5.56 Å². The fraction of sp³-hybridized carbons (Fsp3) is 0.364. The van der Waals surface area contributed by atoms with E-state index in [2.05, 4.69) is 4.74 Å². The maximum absolute atomic E-state index is 10.9. The van der Waals surface area contributed by atoms with Gasteiger partial charge in [-0.25, -0.2) is 4.79 Å². The van der Waals surface area contributed by atoms with Gasteiger partial charge in [-0.2, -0.15) is 0 Å². The van der Waals surface area contributed by atoms with E-state index in [9.17, 15) is 9.90 Å². The van der Waals surface area contributed by atoms with Crippen molar-refractivity contribution in [2.24, 2.45) is 0 Å². The van der Waals surface area contributed by atoms with Gasteiger partial charge in [0.25, 0.3) is 0 Å². The van der Waals surface area contributed by atoms with Crippen LogP contribution < -0.4 is 0 Å². The van der Waals surface area contributed by atoms with Gasteiger partial charge in [0.1, 0.15) is 0 Å². The van der Waals surface area contributed by atoms with E-state index in [1.165, 1.54) is 7.11 Å². The number of aliphatic hydroxyl groups excluding tert-OH is 1. The first-order valence-electron chi connectivity index (χ1n) is 4.54. The van der Waals surface area contributed by atoms with Crippen molar-refractivity contribution >= 4 is 5.97 Å². The van der Waals surface area contributed by atoms with E-state index in [0.29, 0.717) is 12.8 Å². The van der Waals surface area contributed by atoms with Crippen molar-refractivity contribution in [1.29, 1.82) is 0 Å². The zero-order valence-electron chi connectivity index (χ0n) is 8.14. The lowest BCUT2D eigenvalue weighted by molar-refractivity contribution is -0.150. The van der Waals surface area contributed by atoms with Crippen LogP contribution >= 0.6 is 0 Å². The Morgan fingerprint density at radius 3 is 2.64 bits per heavy atom. The van der Waals surface area contributed by atoms with E-state index in [4.69, 9.17) is 0 Å². The molecule has 1 atom stereocenters. The molecule has 0 unspecified atom stereocenters. The van der Waals surface area contributed by atoms with Crippen LogP contribution in [0.4, 0.5) is 0 Å². The number of ether oxygens (including phenoxy) is 1. The fourth-order valence-electron chi connectivity index (χ4n) is 1.20. The third-order valence-corrected chi connectivity index (χ3v) is 2.02. The Kier molecular flexibility index (Phi) is 4.13. The van der Waals surface area contributed by atoms with Crippen LogP contribution in [0.15, 0.2) is 30.3 Å². The molecule has 1 aromatic rings. The molecule has 0 bridgehead atoms. The van der Waals surface area contributed by atoms with E-state index in [1.807, 2.05) is 30.3 Å². The van der Waals surface area contributed by atoms with Crippen molar-refractivity contribution in [2.45, 2.75) is 18.9 Å². The number of esters is 1. The summed E-state index contributed by atoms with van der Waals surface area (Å²) in [6.45, 7) is 0. The molecule has 3 nitrogen and oxygen atoms in total.